The van der Waals surface area contributed by atoms with Gasteiger partial charge >= 0.3 is 0 Å². The quantitative estimate of drug-likeness (QED) is 0.690. The molecule has 1 aromatic rings. The van der Waals surface area contributed by atoms with Crippen molar-refractivity contribution in [3.05, 3.63) is 35.4 Å². The first kappa shape index (κ1) is 11.5. The van der Waals surface area contributed by atoms with E-state index in [1.807, 2.05) is 32.9 Å². The van der Waals surface area contributed by atoms with Gasteiger partial charge in [0.25, 0.3) is 0 Å². The fourth-order valence-corrected chi connectivity index (χ4v) is 1.35. The van der Waals surface area contributed by atoms with Crippen molar-refractivity contribution in [2.24, 2.45) is 5.41 Å². The molecule has 0 saturated heterocycles. The maximum atomic E-state index is 11.9. The number of benzene rings is 1. The fourth-order valence-electron chi connectivity index (χ4n) is 1.35. The van der Waals surface area contributed by atoms with Gasteiger partial charge in [-0.25, -0.2) is 0 Å². The third-order valence-electron chi connectivity index (χ3n) is 2.15. The standard InChI is InChI=1S/C13H15NO/c1-13(2,3)12(15)11-6-4-5-10(9-11)7-8-14/h4-6,9H,7H2,1-3H3. The van der Waals surface area contributed by atoms with Crippen LogP contribution in [-0.4, -0.2) is 5.78 Å². The highest BCUT2D eigenvalue weighted by Crippen LogP contribution is 2.21. The fraction of sp³-hybridized carbons (Fsp3) is 0.385. The zero-order valence-electron chi connectivity index (χ0n) is 9.37. The van der Waals surface area contributed by atoms with Crippen molar-refractivity contribution in [1.82, 2.24) is 0 Å². The predicted octanol–water partition coefficient (Wildman–Crippen LogP) is 2.98. The van der Waals surface area contributed by atoms with E-state index >= 15 is 0 Å². The van der Waals surface area contributed by atoms with Crippen LogP contribution in [0.15, 0.2) is 24.3 Å². The summed E-state index contributed by atoms with van der Waals surface area (Å²) in [6.45, 7) is 5.69. The van der Waals surface area contributed by atoms with Crippen LogP contribution in [0.2, 0.25) is 0 Å². The largest absolute Gasteiger partial charge is 0.294 e. The van der Waals surface area contributed by atoms with Crippen molar-refractivity contribution in [2.75, 3.05) is 0 Å². The van der Waals surface area contributed by atoms with Gasteiger partial charge in [0.05, 0.1) is 12.5 Å². The Hall–Kier alpha value is -1.62. The minimum absolute atomic E-state index is 0.113. The molecule has 0 aliphatic rings. The molecule has 1 aromatic carbocycles. The van der Waals surface area contributed by atoms with E-state index in [0.717, 1.165) is 5.56 Å². The van der Waals surface area contributed by atoms with E-state index in [1.165, 1.54) is 0 Å². The monoisotopic (exact) mass is 201 g/mol. The molecule has 0 radical (unpaired) electrons. The molecule has 78 valence electrons. The van der Waals surface area contributed by atoms with E-state index in [4.69, 9.17) is 5.26 Å². The molecular formula is C13H15NO. The first-order chi connectivity index (χ1) is 6.95. The summed E-state index contributed by atoms with van der Waals surface area (Å²) < 4.78 is 0. The van der Waals surface area contributed by atoms with Crippen LogP contribution in [0.25, 0.3) is 0 Å². The number of Topliss-reactive ketones (excluding diaryl/α,β-unsaturated/α-hetero) is 1. The Labute approximate surface area is 90.5 Å². The molecular weight excluding hydrogens is 186 g/mol. The molecule has 2 nitrogen and oxygen atoms in total. The molecule has 0 aromatic heterocycles. The van der Waals surface area contributed by atoms with Gasteiger partial charge in [0, 0.05) is 11.0 Å². The van der Waals surface area contributed by atoms with E-state index in [0.29, 0.717) is 12.0 Å². The zero-order chi connectivity index (χ0) is 11.5. The maximum absolute atomic E-state index is 11.9. The second kappa shape index (κ2) is 4.27. The lowest BCUT2D eigenvalue weighted by Crippen LogP contribution is -2.20. The maximum Gasteiger partial charge on any atom is 0.168 e. The first-order valence-corrected chi connectivity index (χ1v) is 4.96. The van der Waals surface area contributed by atoms with Gasteiger partial charge in [0.1, 0.15) is 0 Å². The van der Waals surface area contributed by atoms with Crippen molar-refractivity contribution in [3.63, 3.8) is 0 Å². The smallest absolute Gasteiger partial charge is 0.168 e. The molecule has 0 fully saturated rings. The molecule has 2 heteroatoms. The number of nitriles is 1. The summed E-state index contributed by atoms with van der Waals surface area (Å²) in [7, 11) is 0. The lowest BCUT2D eigenvalue weighted by Gasteiger charge is -2.16. The van der Waals surface area contributed by atoms with Crippen molar-refractivity contribution < 1.29 is 4.79 Å². The average molecular weight is 201 g/mol. The lowest BCUT2D eigenvalue weighted by atomic mass is 9.86. The normalized spacial score (nSPS) is 10.8. The number of nitrogens with zero attached hydrogens (tertiary/aromatic N) is 1. The molecule has 0 aliphatic carbocycles. The lowest BCUT2D eigenvalue weighted by molar-refractivity contribution is 0.0858. The Bertz CT molecular complexity index is 407. The van der Waals surface area contributed by atoms with Crippen molar-refractivity contribution in [3.8, 4) is 6.07 Å². The molecule has 0 atom stereocenters. The van der Waals surface area contributed by atoms with Crippen LogP contribution in [0.4, 0.5) is 0 Å². The molecule has 0 unspecified atom stereocenters. The van der Waals surface area contributed by atoms with Gasteiger partial charge in [0.15, 0.2) is 5.78 Å². The average Bonchev–Trinajstić information content (AvgIpc) is 2.16. The highest BCUT2D eigenvalue weighted by molar-refractivity contribution is 5.99. The Kier molecular flexibility index (Phi) is 3.26. The third-order valence-corrected chi connectivity index (χ3v) is 2.15. The summed E-state index contributed by atoms with van der Waals surface area (Å²) in [5, 5.41) is 8.57. The Morgan fingerprint density at radius 2 is 2.07 bits per heavy atom. The van der Waals surface area contributed by atoms with Crippen molar-refractivity contribution in [2.45, 2.75) is 27.2 Å². The van der Waals surface area contributed by atoms with Gasteiger partial charge in [0.2, 0.25) is 0 Å². The molecule has 0 aliphatic heterocycles. The van der Waals surface area contributed by atoms with Crippen LogP contribution in [0.5, 0.6) is 0 Å². The van der Waals surface area contributed by atoms with E-state index in [9.17, 15) is 4.79 Å². The van der Waals surface area contributed by atoms with Crippen LogP contribution < -0.4 is 0 Å². The van der Waals surface area contributed by atoms with Gasteiger partial charge in [-0.2, -0.15) is 5.26 Å². The summed E-state index contributed by atoms with van der Waals surface area (Å²) in [5.74, 6) is 0.113. The highest BCUT2D eigenvalue weighted by atomic mass is 16.1. The Balaban J connectivity index is 3.02. The van der Waals surface area contributed by atoms with Gasteiger partial charge in [-0.05, 0) is 11.6 Å². The van der Waals surface area contributed by atoms with E-state index in [1.54, 1.807) is 12.1 Å². The second-order valence-electron chi connectivity index (χ2n) is 4.61. The zero-order valence-corrected chi connectivity index (χ0v) is 9.37. The Morgan fingerprint density at radius 1 is 1.40 bits per heavy atom. The SMILES string of the molecule is CC(C)(C)C(=O)c1cccc(CC#N)c1. The first-order valence-electron chi connectivity index (χ1n) is 4.96. The third kappa shape index (κ3) is 2.92. The Morgan fingerprint density at radius 3 is 2.60 bits per heavy atom. The van der Waals surface area contributed by atoms with Crippen molar-refractivity contribution >= 4 is 5.78 Å². The summed E-state index contributed by atoms with van der Waals surface area (Å²) >= 11 is 0. The van der Waals surface area contributed by atoms with Crippen LogP contribution in [0, 0.1) is 16.7 Å². The molecule has 0 bridgehead atoms. The van der Waals surface area contributed by atoms with Crippen molar-refractivity contribution in [1.29, 1.82) is 5.26 Å². The van der Waals surface area contributed by atoms with E-state index < -0.39 is 0 Å². The minimum atomic E-state index is -0.370. The minimum Gasteiger partial charge on any atom is -0.294 e. The number of carbonyl (C=O) groups is 1. The number of hydrogen-bond acceptors (Lipinski definition) is 2. The number of hydrogen-bond donors (Lipinski definition) is 0. The molecule has 1 rings (SSSR count). The van der Waals surface area contributed by atoms with E-state index in [-0.39, 0.29) is 11.2 Å². The molecule has 0 spiro atoms. The molecule has 0 amide bonds. The number of rotatable bonds is 2. The van der Waals surface area contributed by atoms with Crippen LogP contribution in [0.1, 0.15) is 36.7 Å². The number of carbonyl (C=O) groups excluding carboxylic acids is 1. The highest BCUT2D eigenvalue weighted by Gasteiger charge is 2.22. The van der Waals surface area contributed by atoms with Gasteiger partial charge in [-0.1, -0.05) is 39.0 Å². The number of ketones is 1. The van der Waals surface area contributed by atoms with Crippen LogP contribution >= 0.6 is 0 Å². The van der Waals surface area contributed by atoms with Crippen LogP contribution in [-0.2, 0) is 6.42 Å². The predicted molar refractivity (Wildman–Crippen MR) is 59.5 cm³/mol. The van der Waals surface area contributed by atoms with Gasteiger partial charge in [-0.3, -0.25) is 4.79 Å². The summed E-state index contributed by atoms with van der Waals surface area (Å²) in [6.07, 6.45) is 0.352. The topological polar surface area (TPSA) is 40.9 Å². The summed E-state index contributed by atoms with van der Waals surface area (Å²) in [4.78, 5) is 11.9. The van der Waals surface area contributed by atoms with Gasteiger partial charge < -0.3 is 0 Å². The van der Waals surface area contributed by atoms with Crippen LogP contribution in [0.3, 0.4) is 0 Å². The molecule has 0 heterocycles. The summed E-state index contributed by atoms with van der Waals surface area (Å²) in [6, 6.07) is 9.37. The van der Waals surface area contributed by atoms with E-state index in [2.05, 4.69) is 6.07 Å². The molecule has 15 heavy (non-hydrogen) atoms. The molecule has 0 N–H and O–H groups in total. The van der Waals surface area contributed by atoms with Gasteiger partial charge in [-0.15, -0.1) is 0 Å². The summed E-state index contributed by atoms with van der Waals surface area (Å²) in [5.41, 5.74) is 1.22. The second-order valence-corrected chi connectivity index (χ2v) is 4.61. The molecule has 0 saturated carbocycles.